The molecule has 3 aliphatic heterocycles. The minimum absolute atomic E-state index is 0.0283. The number of aromatic nitrogens is 1. The molecule has 2 aliphatic carbocycles. The van der Waals surface area contributed by atoms with Gasteiger partial charge in [0.15, 0.2) is 11.5 Å². The van der Waals surface area contributed by atoms with Gasteiger partial charge in [0.05, 0.1) is 37.2 Å². The van der Waals surface area contributed by atoms with E-state index in [0.29, 0.717) is 56.1 Å². The Kier molecular flexibility index (Phi) is 15.1. The van der Waals surface area contributed by atoms with Crippen molar-refractivity contribution in [3.05, 3.63) is 171 Å². The number of phenols is 3. The van der Waals surface area contributed by atoms with E-state index < -0.39 is 12.3 Å². The summed E-state index contributed by atoms with van der Waals surface area (Å²) in [5.41, 5.74) is 16.7. The Bertz CT molecular complexity index is 3060. The highest BCUT2D eigenvalue weighted by Gasteiger charge is 2.58. The van der Waals surface area contributed by atoms with Crippen molar-refractivity contribution in [1.82, 2.24) is 9.88 Å². The number of fused-ring (bicyclic) bond motifs is 8. The molecule has 394 valence electrons. The van der Waals surface area contributed by atoms with Gasteiger partial charge in [-0.2, -0.15) is 0 Å². The number of dihydropyridines is 1. The lowest BCUT2D eigenvalue weighted by Gasteiger charge is -2.59. The van der Waals surface area contributed by atoms with Crippen molar-refractivity contribution in [3.8, 4) is 23.0 Å². The maximum Gasteiger partial charge on any atom is 0.161 e. The van der Waals surface area contributed by atoms with Gasteiger partial charge in [-0.05, 0) is 163 Å². The van der Waals surface area contributed by atoms with Gasteiger partial charge in [0, 0.05) is 53.1 Å². The quantitative estimate of drug-likeness (QED) is 0.0620. The zero-order valence-electron chi connectivity index (χ0n) is 43.3. The summed E-state index contributed by atoms with van der Waals surface area (Å²) in [6.07, 6.45) is 23.5. The zero-order chi connectivity index (χ0) is 51.5. The Balaban J connectivity index is 0.894. The second-order valence-corrected chi connectivity index (χ2v) is 22.3. The first-order valence-electron chi connectivity index (χ1n) is 27.9. The van der Waals surface area contributed by atoms with Gasteiger partial charge in [0.25, 0.3) is 0 Å². The molecule has 1 aromatic heterocycles. The van der Waals surface area contributed by atoms with Crippen molar-refractivity contribution in [2.75, 3.05) is 13.2 Å². The molecule has 2 fully saturated rings. The maximum absolute atomic E-state index is 11.7. The average molecular weight is 1010 g/mol. The summed E-state index contributed by atoms with van der Waals surface area (Å²) in [5, 5.41) is 59.9. The largest absolute Gasteiger partial charge is 0.508 e. The summed E-state index contributed by atoms with van der Waals surface area (Å²) >= 11 is 0. The molecule has 5 aromatic carbocycles. The lowest BCUT2D eigenvalue weighted by atomic mass is 9.51. The molecule has 1 saturated carbocycles. The summed E-state index contributed by atoms with van der Waals surface area (Å²) in [7, 11) is 0. The predicted molar refractivity (Wildman–Crippen MR) is 294 cm³/mol. The molecule has 0 radical (unpaired) electrons. The van der Waals surface area contributed by atoms with Crippen LogP contribution in [0.2, 0.25) is 0 Å². The van der Waals surface area contributed by atoms with Crippen LogP contribution >= 0.6 is 0 Å². The number of phenolic OH excluding ortho intramolecular Hbond substituents is 3. The zero-order valence-corrected chi connectivity index (χ0v) is 43.3. The highest BCUT2D eigenvalue weighted by molar-refractivity contribution is 5.88. The Hall–Kier alpha value is -6.08. The highest BCUT2D eigenvalue weighted by Crippen LogP contribution is 2.59. The van der Waals surface area contributed by atoms with Crippen molar-refractivity contribution >= 4 is 16.6 Å². The number of aromatic hydroxyl groups is 3. The summed E-state index contributed by atoms with van der Waals surface area (Å²) in [4.78, 5) is 0. The number of benzene rings is 5. The minimum Gasteiger partial charge on any atom is -0.508 e. The number of hydrogen-bond donors (Lipinski definition) is 7. The van der Waals surface area contributed by atoms with E-state index in [4.69, 9.17) is 19.9 Å². The third kappa shape index (κ3) is 10.7. The number of aliphatic hydroxyl groups is 2. The van der Waals surface area contributed by atoms with Crippen molar-refractivity contribution in [2.45, 2.75) is 158 Å². The van der Waals surface area contributed by atoms with Crippen LogP contribution in [0.1, 0.15) is 140 Å². The van der Waals surface area contributed by atoms with Crippen LogP contribution in [0.15, 0.2) is 121 Å². The molecule has 1 unspecified atom stereocenters. The summed E-state index contributed by atoms with van der Waals surface area (Å²) in [6, 6.07) is 30.4. The smallest absolute Gasteiger partial charge is 0.161 e. The number of nitrogens with zero attached hydrogens (tertiary/aromatic N) is 1. The van der Waals surface area contributed by atoms with E-state index in [-0.39, 0.29) is 47.6 Å². The average Bonchev–Trinajstić information content (AvgIpc) is 3.87. The molecule has 11 rings (SSSR count). The molecule has 8 N–H and O–H groups in total. The molecule has 1 spiro atoms. The van der Waals surface area contributed by atoms with Gasteiger partial charge >= 0.3 is 0 Å². The summed E-state index contributed by atoms with van der Waals surface area (Å²) in [6.45, 7) is 0.988. The molecule has 11 nitrogen and oxygen atoms in total. The van der Waals surface area contributed by atoms with E-state index in [1.165, 1.54) is 41.5 Å². The van der Waals surface area contributed by atoms with Crippen LogP contribution in [-0.2, 0) is 53.8 Å². The summed E-state index contributed by atoms with van der Waals surface area (Å²) < 4.78 is 22.7. The number of ether oxygens (including phenoxy) is 3. The molecule has 75 heavy (non-hydrogen) atoms. The van der Waals surface area contributed by atoms with Gasteiger partial charge in [-0.25, -0.2) is 0 Å². The van der Waals surface area contributed by atoms with Crippen LogP contribution < -0.4 is 15.8 Å². The molecule has 5 aliphatic rings. The van der Waals surface area contributed by atoms with Crippen LogP contribution in [0.4, 0.5) is 0 Å². The molecular weight excluding hydrogens is 939 g/mol. The lowest BCUT2D eigenvalue weighted by Crippen LogP contribution is -2.59. The first kappa shape index (κ1) is 51.0. The van der Waals surface area contributed by atoms with Crippen LogP contribution in [0.3, 0.4) is 0 Å². The third-order valence-electron chi connectivity index (χ3n) is 17.5. The number of unbranched alkanes of at least 4 members (excludes halogenated alkanes) is 3. The molecule has 4 bridgehead atoms. The standard InChI is InChI=1S/C64H75N3O8/c65-61-24-20-46-40-73-54(15-5-2-1-4-11-42-17-22-57(71)47(29-42)30-43-12-10-14-52(69)31-43)36-53(70)21-18-45-35-59(58(72)34-49(45)39-68)74-41-50-33-51(32-48-37-67(38-55(48)50)62(46)66-61)64-27-28-75-63(25-8-3-9-26-63)60(64)23-19-44-13-6-7-16-56(44)64/h6-7,10,12-14,16-17,20,22,24,29,31-35,37-38,53-54,60-61,66,68-72H,1-5,8-9,11,15,18-19,21,23,25-28,30,36,39-41,65H2/t53-,54+,60+,61?,64+/m1/s1. The van der Waals surface area contributed by atoms with Crippen molar-refractivity contribution in [2.24, 2.45) is 11.7 Å². The van der Waals surface area contributed by atoms with Crippen LogP contribution in [0.25, 0.3) is 16.6 Å². The van der Waals surface area contributed by atoms with Crippen molar-refractivity contribution in [1.29, 1.82) is 0 Å². The van der Waals surface area contributed by atoms with Crippen molar-refractivity contribution in [3.63, 3.8) is 0 Å². The monoisotopic (exact) mass is 1010 g/mol. The second-order valence-electron chi connectivity index (χ2n) is 22.3. The molecule has 0 amide bonds. The topological polar surface area (TPSA) is 172 Å². The fourth-order valence-electron chi connectivity index (χ4n) is 13.8. The van der Waals surface area contributed by atoms with E-state index in [2.05, 4.69) is 70.8 Å². The highest BCUT2D eigenvalue weighted by atomic mass is 16.5. The Morgan fingerprint density at radius 3 is 2.47 bits per heavy atom. The van der Waals surface area contributed by atoms with Crippen molar-refractivity contribution < 1.29 is 39.7 Å². The number of aryl methyl sites for hydroxylation is 3. The Labute approximate surface area is 441 Å². The van der Waals surface area contributed by atoms with E-state index in [1.807, 2.05) is 30.3 Å². The van der Waals surface area contributed by atoms with E-state index in [0.717, 1.165) is 115 Å². The number of nitrogens with two attached hydrogens (primary N) is 1. The predicted octanol–water partition coefficient (Wildman–Crippen LogP) is 11.3. The third-order valence-corrected chi connectivity index (χ3v) is 17.5. The maximum atomic E-state index is 11.7. The van der Waals surface area contributed by atoms with Gasteiger partial charge in [0.1, 0.15) is 23.9 Å². The fraction of sp³-hybridized carbons (Fsp3) is 0.438. The second kappa shape index (κ2) is 22.3. The van der Waals surface area contributed by atoms with Crippen LogP contribution in [0.5, 0.6) is 23.0 Å². The molecule has 5 atom stereocenters. The molecule has 11 heteroatoms. The number of aliphatic hydroxyl groups excluding tert-OH is 2. The molecule has 1 saturated heterocycles. The number of hydrogen-bond acceptors (Lipinski definition) is 10. The normalized spacial score (nSPS) is 23.7. The van der Waals surface area contributed by atoms with Gasteiger partial charge in [-0.3, -0.25) is 0 Å². The first-order valence-corrected chi connectivity index (χ1v) is 27.9. The van der Waals surface area contributed by atoms with Gasteiger partial charge in [-0.1, -0.05) is 99.2 Å². The Morgan fingerprint density at radius 2 is 1.60 bits per heavy atom. The Morgan fingerprint density at radius 1 is 0.747 bits per heavy atom. The molecule has 6 aromatic rings. The molecule has 4 heterocycles. The van der Waals surface area contributed by atoms with Gasteiger partial charge in [-0.15, -0.1) is 0 Å². The van der Waals surface area contributed by atoms with Gasteiger partial charge in [0.2, 0.25) is 0 Å². The minimum atomic E-state index is -0.669. The van der Waals surface area contributed by atoms with E-state index in [9.17, 15) is 25.5 Å². The molecular formula is C64H75N3O8. The SMILES string of the molecule is NC1C=CC2=C(N1)n1cc3cc([C@]45CCOC6(CCCCC6)[C@@H]4CCc4ccccc45)cc(c3c1)COc1cc(c(CO)cc1O)CC[C@@H](O)C[C@H](CCCCCCc1ccc(O)c(Cc3cccc(O)c3)c1)OC2. The lowest BCUT2D eigenvalue weighted by molar-refractivity contribution is -0.166. The van der Waals surface area contributed by atoms with Crippen LogP contribution in [0, 0.1) is 5.92 Å². The van der Waals surface area contributed by atoms with Gasteiger partial charge < -0.3 is 55.4 Å². The first-order chi connectivity index (χ1) is 36.6. The van der Waals surface area contributed by atoms with E-state index in [1.54, 1.807) is 24.3 Å². The van der Waals surface area contributed by atoms with E-state index >= 15 is 0 Å². The number of rotatable bonds is 11. The summed E-state index contributed by atoms with van der Waals surface area (Å²) in [5.74, 6) is 1.96. The fourth-order valence-corrected chi connectivity index (χ4v) is 13.8. The number of nitrogens with one attached hydrogen (secondary N) is 1. The van der Waals surface area contributed by atoms with Crippen LogP contribution in [-0.4, -0.2) is 67.3 Å².